The predicted octanol–water partition coefficient (Wildman–Crippen LogP) is 3.46. The zero-order chi connectivity index (χ0) is 17.6. The van der Waals surface area contributed by atoms with Crippen molar-refractivity contribution in [3.05, 3.63) is 41.2 Å². The number of aromatic nitrogens is 1. The van der Waals surface area contributed by atoms with Gasteiger partial charge in [0.1, 0.15) is 11.5 Å². The first-order valence-corrected chi connectivity index (χ1v) is 9.05. The van der Waals surface area contributed by atoms with Gasteiger partial charge in [-0.1, -0.05) is 12.1 Å². The van der Waals surface area contributed by atoms with Gasteiger partial charge >= 0.3 is 0 Å². The van der Waals surface area contributed by atoms with Crippen LogP contribution < -0.4 is 0 Å². The largest absolute Gasteiger partial charge is 0.467 e. The van der Waals surface area contributed by atoms with E-state index in [1.807, 2.05) is 19.1 Å². The highest BCUT2D eigenvalue weighted by Gasteiger charge is 2.29. The normalized spacial score (nSPS) is 16.6. The molecule has 1 atom stereocenters. The number of carbonyl (C=O) groups is 1. The number of rotatable bonds is 8. The van der Waals surface area contributed by atoms with Crippen LogP contribution in [0.3, 0.4) is 0 Å². The standard InChI is InChI=1S/C19H26N2O4/c1-3-23-10-5-9-21(13-15-6-4-11-24-15)19(22)18-16-12-14(2)7-8-17(16)25-20-18/h4,6,11,14H,3,5,7-10,12-13H2,1-2H3/t14-/m1/s1. The Kier molecular flexibility index (Phi) is 5.91. The molecular formula is C19H26N2O4. The van der Waals surface area contributed by atoms with Crippen LogP contribution in [0.4, 0.5) is 0 Å². The molecular weight excluding hydrogens is 320 g/mol. The molecule has 0 fully saturated rings. The van der Waals surface area contributed by atoms with E-state index in [2.05, 4.69) is 12.1 Å². The topological polar surface area (TPSA) is 68.7 Å². The molecule has 1 aliphatic rings. The quantitative estimate of drug-likeness (QED) is 0.685. The number of carbonyl (C=O) groups excluding carboxylic acids is 1. The van der Waals surface area contributed by atoms with Gasteiger partial charge in [-0.05, 0) is 44.2 Å². The van der Waals surface area contributed by atoms with Crippen molar-refractivity contribution in [3.63, 3.8) is 0 Å². The van der Waals surface area contributed by atoms with E-state index in [-0.39, 0.29) is 5.91 Å². The average molecular weight is 346 g/mol. The van der Waals surface area contributed by atoms with Crippen molar-refractivity contribution in [1.82, 2.24) is 10.1 Å². The van der Waals surface area contributed by atoms with Gasteiger partial charge in [0.2, 0.25) is 0 Å². The maximum Gasteiger partial charge on any atom is 0.276 e. The van der Waals surface area contributed by atoms with Gasteiger partial charge in [0, 0.05) is 31.7 Å². The average Bonchev–Trinajstić information content (AvgIpc) is 3.26. The van der Waals surface area contributed by atoms with Gasteiger partial charge in [-0.25, -0.2) is 0 Å². The van der Waals surface area contributed by atoms with E-state index in [1.54, 1.807) is 11.2 Å². The Morgan fingerprint density at radius 2 is 2.36 bits per heavy atom. The van der Waals surface area contributed by atoms with Gasteiger partial charge in [0.05, 0.1) is 12.8 Å². The number of furan rings is 1. The number of hydrogen-bond acceptors (Lipinski definition) is 5. The Labute approximate surface area is 148 Å². The summed E-state index contributed by atoms with van der Waals surface area (Å²) in [6, 6.07) is 3.71. The summed E-state index contributed by atoms with van der Waals surface area (Å²) in [6.07, 6.45) is 5.20. The SMILES string of the molecule is CCOCCCN(Cc1ccco1)C(=O)c1noc2c1C[C@H](C)CC2. The molecule has 6 nitrogen and oxygen atoms in total. The second-order valence-electron chi connectivity index (χ2n) is 6.64. The van der Waals surface area contributed by atoms with E-state index in [9.17, 15) is 4.79 Å². The van der Waals surface area contributed by atoms with Crippen molar-refractivity contribution in [2.75, 3.05) is 19.8 Å². The van der Waals surface area contributed by atoms with E-state index in [0.29, 0.717) is 37.9 Å². The highest BCUT2D eigenvalue weighted by molar-refractivity contribution is 5.93. The Hall–Kier alpha value is -2.08. The summed E-state index contributed by atoms with van der Waals surface area (Å²) < 4.78 is 16.3. The third kappa shape index (κ3) is 4.31. The Bertz CT molecular complexity index is 678. The van der Waals surface area contributed by atoms with Crippen molar-refractivity contribution in [3.8, 4) is 0 Å². The number of aryl methyl sites for hydroxylation is 1. The van der Waals surface area contributed by atoms with Gasteiger partial charge in [-0.3, -0.25) is 4.79 Å². The van der Waals surface area contributed by atoms with Gasteiger partial charge in [0.25, 0.3) is 5.91 Å². The Morgan fingerprint density at radius 1 is 1.48 bits per heavy atom. The molecule has 0 aromatic carbocycles. The van der Waals surface area contributed by atoms with E-state index in [1.165, 1.54) is 0 Å². The maximum absolute atomic E-state index is 13.1. The molecule has 3 rings (SSSR count). The van der Waals surface area contributed by atoms with Crippen LogP contribution in [0, 0.1) is 5.92 Å². The van der Waals surface area contributed by atoms with Crippen molar-refractivity contribution in [2.24, 2.45) is 5.92 Å². The minimum absolute atomic E-state index is 0.0907. The van der Waals surface area contributed by atoms with Gasteiger partial charge in [-0.2, -0.15) is 0 Å². The van der Waals surface area contributed by atoms with Crippen LogP contribution in [0.1, 0.15) is 54.3 Å². The summed E-state index contributed by atoms with van der Waals surface area (Å²) in [4.78, 5) is 14.9. The first-order chi connectivity index (χ1) is 12.2. The molecule has 0 saturated carbocycles. The van der Waals surface area contributed by atoms with Crippen LogP contribution in [-0.2, 0) is 24.1 Å². The van der Waals surface area contributed by atoms with Crippen molar-refractivity contribution < 1.29 is 18.5 Å². The zero-order valence-electron chi connectivity index (χ0n) is 15.0. The molecule has 136 valence electrons. The van der Waals surface area contributed by atoms with E-state index in [4.69, 9.17) is 13.7 Å². The van der Waals surface area contributed by atoms with Gasteiger partial charge in [0.15, 0.2) is 5.69 Å². The smallest absolute Gasteiger partial charge is 0.276 e. The fraction of sp³-hybridized carbons (Fsp3) is 0.579. The second kappa shape index (κ2) is 8.34. The molecule has 6 heteroatoms. The summed E-state index contributed by atoms with van der Waals surface area (Å²) >= 11 is 0. The lowest BCUT2D eigenvalue weighted by Gasteiger charge is -2.22. The van der Waals surface area contributed by atoms with Crippen LogP contribution in [0.5, 0.6) is 0 Å². The molecule has 25 heavy (non-hydrogen) atoms. The molecule has 0 radical (unpaired) electrons. The minimum atomic E-state index is -0.0907. The van der Waals surface area contributed by atoms with Crippen LogP contribution >= 0.6 is 0 Å². The Balaban J connectivity index is 1.75. The molecule has 1 aliphatic carbocycles. The van der Waals surface area contributed by atoms with Crippen LogP contribution in [0.25, 0.3) is 0 Å². The number of nitrogens with zero attached hydrogens (tertiary/aromatic N) is 2. The number of amides is 1. The highest BCUT2D eigenvalue weighted by Crippen LogP contribution is 2.28. The van der Waals surface area contributed by atoms with Gasteiger partial charge < -0.3 is 18.6 Å². The van der Waals surface area contributed by atoms with E-state index < -0.39 is 0 Å². The lowest BCUT2D eigenvalue weighted by Crippen LogP contribution is -2.33. The number of hydrogen-bond donors (Lipinski definition) is 0. The summed E-state index contributed by atoms with van der Waals surface area (Å²) in [7, 11) is 0. The van der Waals surface area contributed by atoms with E-state index >= 15 is 0 Å². The Morgan fingerprint density at radius 3 is 3.12 bits per heavy atom. The fourth-order valence-corrected chi connectivity index (χ4v) is 3.24. The predicted molar refractivity (Wildman–Crippen MR) is 92.3 cm³/mol. The van der Waals surface area contributed by atoms with Crippen LogP contribution in [-0.4, -0.2) is 35.7 Å². The molecule has 0 spiro atoms. The van der Waals surface area contributed by atoms with Crippen molar-refractivity contribution in [2.45, 2.75) is 46.1 Å². The van der Waals surface area contributed by atoms with Crippen LogP contribution in [0.15, 0.2) is 27.3 Å². The first-order valence-electron chi connectivity index (χ1n) is 9.05. The number of ether oxygens (including phenoxy) is 1. The maximum atomic E-state index is 13.1. The fourth-order valence-electron chi connectivity index (χ4n) is 3.24. The molecule has 0 saturated heterocycles. The second-order valence-corrected chi connectivity index (χ2v) is 6.64. The monoisotopic (exact) mass is 346 g/mol. The summed E-state index contributed by atoms with van der Waals surface area (Å²) in [5, 5.41) is 4.10. The molecule has 2 aromatic heterocycles. The molecule has 0 aliphatic heterocycles. The molecule has 2 aromatic rings. The first kappa shape index (κ1) is 17.7. The third-order valence-electron chi connectivity index (χ3n) is 4.62. The van der Waals surface area contributed by atoms with E-state index in [0.717, 1.165) is 42.8 Å². The minimum Gasteiger partial charge on any atom is -0.467 e. The van der Waals surface area contributed by atoms with Crippen LogP contribution in [0.2, 0.25) is 0 Å². The summed E-state index contributed by atoms with van der Waals surface area (Å²) in [5.41, 5.74) is 1.45. The molecule has 0 unspecified atom stereocenters. The lowest BCUT2D eigenvalue weighted by molar-refractivity contribution is 0.0688. The number of fused-ring (bicyclic) bond motifs is 1. The zero-order valence-corrected chi connectivity index (χ0v) is 15.0. The molecule has 0 bridgehead atoms. The molecule has 1 amide bonds. The molecule has 0 N–H and O–H groups in total. The highest BCUT2D eigenvalue weighted by atomic mass is 16.5. The van der Waals surface area contributed by atoms with Gasteiger partial charge in [-0.15, -0.1) is 0 Å². The summed E-state index contributed by atoms with van der Waals surface area (Å²) in [5.74, 6) is 2.09. The van der Waals surface area contributed by atoms with Crippen molar-refractivity contribution in [1.29, 1.82) is 0 Å². The molecule has 2 heterocycles. The third-order valence-corrected chi connectivity index (χ3v) is 4.62. The lowest BCUT2D eigenvalue weighted by atomic mass is 9.88. The summed E-state index contributed by atoms with van der Waals surface area (Å²) in [6.45, 7) is 6.50. The van der Waals surface area contributed by atoms with Crippen molar-refractivity contribution >= 4 is 5.91 Å².